The lowest BCUT2D eigenvalue weighted by atomic mass is 10.1. The zero-order valence-corrected chi connectivity index (χ0v) is 5.94. The van der Waals surface area contributed by atoms with Crippen LogP contribution in [0.1, 0.15) is 11.6 Å². The fourth-order valence-corrected chi connectivity index (χ4v) is 0.809. The molecular formula is C7H10N2O2. The first kappa shape index (κ1) is 7.97. The molecule has 0 aliphatic heterocycles. The van der Waals surface area contributed by atoms with Gasteiger partial charge in [0.1, 0.15) is 5.75 Å². The predicted molar refractivity (Wildman–Crippen MR) is 39.9 cm³/mol. The number of nitrogens with zero attached hydrogens (tertiary/aromatic N) is 1. The molecule has 1 heterocycles. The van der Waals surface area contributed by atoms with E-state index in [-0.39, 0.29) is 12.4 Å². The van der Waals surface area contributed by atoms with E-state index in [1.807, 2.05) is 0 Å². The molecule has 0 fully saturated rings. The Balaban J connectivity index is 2.93. The van der Waals surface area contributed by atoms with E-state index in [1.54, 1.807) is 6.07 Å². The van der Waals surface area contributed by atoms with Crippen molar-refractivity contribution in [1.82, 2.24) is 4.98 Å². The lowest BCUT2D eigenvalue weighted by Gasteiger charge is -2.08. The Kier molecular flexibility index (Phi) is 2.40. The SMILES string of the molecule is N[C@@H](CO)c1ccncc1O. The maximum Gasteiger partial charge on any atom is 0.138 e. The molecule has 0 radical (unpaired) electrons. The average Bonchev–Trinajstić information content (AvgIpc) is 2.04. The van der Waals surface area contributed by atoms with Crippen LogP contribution in [0.5, 0.6) is 5.75 Å². The van der Waals surface area contributed by atoms with E-state index in [4.69, 9.17) is 15.9 Å². The number of aromatic nitrogens is 1. The number of hydrogen-bond donors (Lipinski definition) is 3. The summed E-state index contributed by atoms with van der Waals surface area (Å²) in [6.07, 6.45) is 2.81. The van der Waals surface area contributed by atoms with Crippen molar-refractivity contribution in [3.63, 3.8) is 0 Å². The molecule has 4 nitrogen and oxygen atoms in total. The second-order valence-corrected chi connectivity index (χ2v) is 2.22. The number of aliphatic hydroxyl groups excluding tert-OH is 1. The molecule has 1 aromatic heterocycles. The van der Waals surface area contributed by atoms with Crippen LogP contribution in [0.15, 0.2) is 18.5 Å². The molecule has 0 saturated carbocycles. The molecule has 0 unspecified atom stereocenters. The molecule has 0 bridgehead atoms. The Labute approximate surface area is 64.3 Å². The van der Waals surface area contributed by atoms with Gasteiger partial charge in [-0.2, -0.15) is 0 Å². The molecule has 0 aliphatic carbocycles. The normalized spacial score (nSPS) is 12.9. The summed E-state index contributed by atoms with van der Waals surface area (Å²) in [4.78, 5) is 3.67. The summed E-state index contributed by atoms with van der Waals surface area (Å²) >= 11 is 0. The van der Waals surface area contributed by atoms with Crippen LogP contribution in [0.2, 0.25) is 0 Å². The highest BCUT2D eigenvalue weighted by atomic mass is 16.3. The molecule has 0 aliphatic rings. The zero-order chi connectivity index (χ0) is 8.27. The number of nitrogens with two attached hydrogens (primary N) is 1. The maximum absolute atomic E-state index is 9.16. The molecule has 0 aromatic carbocycles. The van der Waals surface area contributed by atoms with E-state index < -0.39 is 6.04 Å². The minimum absolute atomic E-state index is 0.0223. The van der Waals surface area contributed by atoms with Crippen LogP contribution in [0.4, 0.5) is 0 Å². The van der Waals surface area contributed by atoms with Gasteiger partial charge in [0.25, 0.3) is 0 Å². The number of aliphatic hydroxyl groups is 1. The third-order valence-corrected chi connectivity index (χ3v) is 1.43. The van der Waals surface area contributed by atoms with Gasteiger partial charge in [-0.25, -0.2) is 0 Å². The van der Waals surface area contributed by atoms with E-state index in [0.717, 1.165) is 0 Å². The highest BCUT2D eigenvalue weighted by molar-refractivity contribution is 5.30. The first-order valence-corrected chi connectivity index (χ1v) is 3.25. The number of hydrogen-bond acceptors (Lipinski definition) is 4. The topological polar surface area (TPSA) is 79.4 Å². The van der Waals surface area contributed by atoms with Crippen molar-refractivity contribution < 1.29 is 10.2 Å². The highest BCUT2D eigenvalue weighted by Gasteiger charge is 2.07. The van der Waals surface area contributed by atoms with Crippen LogP contribution in [0.3, 0.4) is 0 Å². The van der Waals surface area contributed by atoms with E-state index in [2.05, 4.69) is 4.98 Å². The molecule has 4 N–H and O–H groups in total. The van der Waals surface area contributed by atoms with Crippen molar-refractivity contribution in [2.24, 2.45) is 5.73 Å². The smallest absolute Gasteiger partial charge is 0.138 e. The molecule has 1 rings (SSSR count). The van der Waals surface area contributed by atoms with Gasteiger partial charge >= 0.3 is 0 Å². The van der Waals surface area contributed by atoms with Crippen LogP contribution in [-0.4, -0.2) is 21.8 Å². The summed E-state index contributed by atoms with van der Waals surface area (Å²) in [5.41, 5.74) is 5.97. The van der Waals surface area contributed by atoms with Crippen molar-refractivity contribution in [1.29, 1.82) is 0 Å². The summed E-state index contributed by atoms with van der Waals surface area (Å²) in [7, 11) is 0. The first-order valence-electron chi connectivity index (χ1n) is 3.25. The lowest BCUT2D eigenvalue weighted by molar-refractivity contribution is 0.265. The fraction of sp³-hybridized carbons (Fsp3) is 0.286. The van der Waals surface area contributed by atoms with E-state index in [0.29, 0.717) is 5.56 Å². The minimum atomic E-state index is -0.530. The number of rotatable bonds is 2. The number of aromatic hydroxyl groups is 1. The summed E-state index contributed by atoms with van der Waals surface area (Å²) in [6, 6.07) is 1.05. The van der Waals surface area contributed by atoms with Crippen molar-refractivity contribution >= 4 is 0 Å². The summed E-state index contributed by atoms with van der Waals surface area (Å²) in [5, 5.41) is 17.8. The van der Waals surface area contributed by atoms with Crippen LogP contribution in [0, 0.1) is 0 Å². The van der Waals surface area contributed by atoms with Crippen LogP contribution in [-0.2, 0) is 0 Å². The predicted octanol–water partition coefficient (Wildman–Crippen LogP) is -0.221. The van der Waals surface area contributed by atoms with E-state index in [9.17, 15) is 0 Å². The van der Waals surface area contributed by atoms with Crippen molar-refractivity contribution in [2.45, 2.75) is 6.04 Å². The Morgan fingerprint density at radius 3 is 2.91 bits per heavy atom. The monoisotopic (exact) mass is 154 g/mol. The van der Waals surface area contributed by atoms with Crippen LogP contribution >= 0.6 is 0 Å². The Morgan fingerprint density at radius 1 is 1.64 bits per heavy atom. The third kappa shape index (κ3) is 1.66. The van der Waals surface area contributed by atoms with Gasteiger partial charge in [0, 0.05) is 11.8 Å². The van der Waals surface area contributed by atoms with Gasteiger partial charge in [-0.15, -0.1) is 0 Å². The minimum Gasteiger partial charge on any atom is -0.506 e. The Hall–Kier alpha value is -1.13. The molecule has 4 heteroatoms. The second-order valence-electron chi connectivity index (χ2n) is 2.22. The van der Waals surface area contributed by atoms with Crippen molar-refractivity contribution in [3.8, 4) is 5.75 Å². The van der Waals surface area contributed by atoms with Crippen LogP contribution < -0.4 is 5.73 Å². The molecule has 0 saturated heterocycles. The summed E-state index contributed by atoms with van der Waals surface area (Å²) in [6.45, 7) is -0.183. The Bertz CT molecular complexity index is 240. The zero-order valence-electron chi connectivity index (χ0n) is 5.94. The van der Waals surface area contributed by atoms with Gasteiger partial charge in [-0.05, 0) is 6.07 Å². The van der Waals surface area contributed by atoms with Gasteiger partial charge in [0.2, 0.25) is 0 Å². The molecule has 11 heavy (non-hydrogen) atoms. The first-order chi connectivity index (χ1) is 5.25. The lowest BCUT2D eigenvalue weighted by Crippen LogP contribution is -2.14. The third-order valence-electron chi connectivity index (χ3n) is 1.43. The highest BCUT2D eigenvalue weighted by Crippen LogP contribution is 2.19. The van der Waals surface area contributed by atoms with Crippen LogP contribution in [0.25, 0.3) is 0 Å². The van der Waals surface area contributed by atoms with E-state index in [1.165, 1.54) is 12.4 Å². The molecular weight excluding hydrogens is 144 g/mol. The average molecular weight is 154 g/mol. The quantitative estimate of drug-likeness (QED) is 0.550. The molecule has 0 amide bonds. The fourth-order valence-electron chi connectivity index (χ4n) is 0.809. The van der Waals surface area contributed by atoms with Crippen molar-refractivity contribution in [3.05, 3.63) is 24.0 Å². The molecule has 60 valence electrons. The summed E-state index contributed by atoms with van der Waals surface area (Å²) < 4.78 is 0. The Morgan fingerprint density at radius 2 is 2.36 bits per heavy atom. The van der Waals surface area contributed by atoms with Gasteiger partial charge in [0.15, 0.2) is 0 Å². The van der Waals surface area contributed by atoms with Gasteiger partial charge in [0.05, 0.1) is 18.8 Å². The molecule has 1 aromatic rings. The largest absolute Gasteiger partial charge is 0.506 e. The van der Waals surface area contributed by atoms with Crippen molar-refractivity contribution in [2.75, 3.05) is 6.61 Å². The molecule has 0 spiro atoms. The summed E-state index contributed by atoms with van der Waals surface area (Å²) in [5.74, 6) is 0.0223. The standard InChI is InChI=1S/C7H10N2O2/c8-6(4-10)5-1-2-9-3-7(5)11/h1-3,6,10-11H,4,8H2/t6-/m0/s1. The molecule has 1 atom stereocenters. The number of pyridine rings is 1. The van der Waals surface area contributed by atoms with E-state index >= 15 is 0 Å². The van der Waals surface area contributed by atoms with Gasteiger partial charge in [-0.3, -0.25) is 4.98 Å². The second kappa shape index (κ2) is 3.32. The van der Waals surface area contributed by atoms with Gasteiger partial charge in [-0.1, -0.05) is 0 Å². The maximum atomic E-state index is 9.16. The van der Waals surface area contributed by atoms with Gasteiger partial charge < -0.3 is 15.9 Å².